The summed E-state index contributed by atoms with van der Waals surface area (Å²) in [6.07, 6.45) is 2.01. The van der Waals surface area contributed by atoms with Crippen molar-refractivity contribution in [3.05, 3.63) is 40.9 Å². The number of nitrogens with one attached hydrogen (secondary N) is 1. The molecule has 2 aliphatic rings. The first-order valence-corrected chi connectivity index (χ1v) is 7.55. The van der Waals surface area contributed by atoms with Crippen molar-refractivity contribution in [1.82, 2.24) is 4.90 Å². The summed E-state index contributed by atoms with van der Waals surface area (Å²) in [5.74, 6) is -0.338. The van der Waals surface area contributed by atoms with Gasteiger partial charge in [-0.05, 0) is 24.6 Å². The highest BCUT2D eigenvalue weighted by molar-refractivity contribution is 9.10. The third-order valence-corrected chi connectivity index (χ3v) is 4.26. The summed E-state index contributed by atoms with van der Waals surface area (Å²) in [5, 5.41) is 2.83. The number of carbonyl (C=O) groups excluding carboxylic acids is 2. The first-order valence-electron chi connectivity index (χ1n) is 6.75. The molecule has 1 N–H and O–H groups in total. The van der Waals surface area contributed by atoms with Gasteiger partial charge in [0.1, 0.15) is 6.04 Å². The number of benzene rings is 1. The summed E-state index contributed by atoms with van der Waals surface area (Å²) in [4.78, 5) is 26.7. The van der Waals surface area contributed by atoms with Crippen LogP contribution in [-0.2, 0) is 9.53 Å². The van der Waals surface area contributed by atoms with E-state index in [1.165, 1.54) is 0 Å². The minimum atomic E-state index is -0.580. The average molecular weight is 351 g/mol. The van der Waals surface area contributed by atoms with Gasteiger partial charge in [-0.3, -0.25) is 9.59 Å². The van der Waals surface area contributed by atoms with E-state index in [1.807, 2.05) is 0 Å². The zero-order valence-electron chi connectivity index (χ0n) is 11.3. The summed E-state index contributed by atoms with van der Waals surface area (Å²) in [7, 11) is 0. The Morgan fingerprint density at radius 3 is 3.05 bits per heavy atom. The Labute approximate surface area is 131 Å². The molecule has 2 unspecified atom stereocenters. The van der Waals surface area contributed by atoms with E-state index in [4.69, 9.17) is 4.74 Å². The highest BCUT2D eigenvalue weighted by atomic mass is 79.9. The minimum absolute atomic E-state index is 0.139. The predicted molar refractivity (Wildman–Crippen MR) is 82.2 cm³/mol. The highest BCUT2D eigenvalue weighted by Gasteiger charge is 2.45. The summed E-state index contributed by atoms with van der Waals surface area (Å²) >= 11 is 3.36. The Balaban J connectivity index is 1.95. The molecule has 1 saturated heterocycles. The molecular weight excluding hydrogens is 336 g/mol. The fraction of sp³-hybridized carbons (Fsp3) is 0.333. The molecule has 2 heterocycles. The SMILES string of the molecule is C=CCOC1CCN2C(=O)c3cc(Br)ccc3NC(=O)C12. The van der Waals surface area contributed by atoms with Gasteiger partial charge in [-0.1, -0.05) is 22.0 Å². The Bertz CT molecular complexity index is 617. The molecule has 0 saturated carbocycles. The van der Waals surface area contributed by atoms with Gasteiger partial charge < -0.3 is 15.0 Å². The van der Waals surface area contributed by atoms with Crippen LogP contribution in [0.2, 0.25) is 0 Å². The molecule has 1 aromatic carbocycles. The first kappa shape index (κ1) is 14.3. The molecule has 0 aliphatic carbocycles. The number of fused-ring (bicyclic) bond motifs is 2. The Kier molecular flexibility index (Phi) is 3.82. The van der Waals surface area contributed by atoms with E-state index in [-0.39, 0.29) is 17.9 Å². The number of rotatable bonds is 3. The number of halogens is 1. The van der Waals surface area contributed by atoms with Gasteiger partial charge in [0, 0.05) is 11.0 Å². The molecule has 2 atom stereocenters. The number of anilines is 1. The largest absolute Gasteiger partial charge is 0.371 e. The van der Waals surface area contributed by atoms with Crippen LogP contribution in [0.1, 0.15) is 16.8 Å². The van der Waals surface area contributed by atoms with Crippen LogP contribution >= 0.6 is 15.9 Å². The van der Waals surface area contributed by atoms with Gasteiger partial charge in [0.05, 0.1) is 24.0 Å². The van der Waals surface area contributed by atoms with Crippen LogP contribution in [0.5, 0.6) is 0 Å². The molecule has 0 spiro atoms. The van der Waals surface area contributed by atoms with Crippen molar-refractivity contribution in [3.8, 4) is 0 Å². The molecule has 0 bridgehead atoms. The lowest BCUT2D eigenvalue weighted by molar-refractivity contribution is -0.122. The fourth-order valence-electron chi connectivity index (χ4n) is 2.83. The molecule has 2 amide bonds. The second kappa shape index (κ2) is 5.61. The zero-order valence-corrected chi connectivity index (χ0v) is 12.9. The van der Waals surface area contributed by atoms with Gasteiger partial charge in [-0.2, -0.15) is 0 Å². The van der Waals surface area contributed by atoms with Crippen molar-refractivity contribution in [2.45, 2.75) is 18.6 Å². The normalized spacial score (nSPS) is 24.1. The molecule has 1 fully saturated rings. The molecule has 5 nitrogen and oxygen atoms in total. The molecule has 0 radical (unpaired) electrons. The van der Waals surface area contributed by atoms with Crippen LogP contribution in [0.25, 0.3) is 0 Å². The van der Waals surface area contributed by atoms with E-state index in [2.05, 4.69) is 27.8 Å². The summed E-state index contributed by atoms with van der Waals surface area (Å²) in [5.41, 5.74) is 1.05. The third-order valence-electron chi connectivity index (χ3n) is 3.77. The predicted octanol–water partition coefficient (Wildman–Crippen LogP) is 2.19. The van der Waals surface area contributed by atoms with Gasteiger partial charge in [-0.15, -0.1) is 6.58 Å². The zero-order chi connectivity index (χ0) is 15.0. The maximum atomic E-state index is 12.7. The number of carbonyl (C=O) groups is 2. The summed E-state index contributed by atoms with van der Waals surface area (Å²) in [6.45, 7) is 4.50. The minimum Gasteiger partial charge on any atom is -0.371 e. The average Bonchev–Trinajstić information content (AvgIpc) is 2.86. The standard InChI is InChI=1S/C15H15BrN2O3/c1-2-7-21-12-5-6-18-13(12)14(19)17-11-4-3-9(16)8-10(11)15(18)20/h2-4,8,12-13H,1,5-7H2,(H,17,19). The quantitative estimate of drug-likeness (QED) is 0.850. The smallest absolute Gasteiger partial charge is 0.256 e. The van der Waals surface area contributed by atoms with Crippen LogP contribution in [0.3, 0.4) is 0 Å². The van der Waals surface area contributed by atoms with E-state index in [1.54, 1.807) is 29.2 Å². The molecule has 21 heavy (non-hydrogen) atoms. The third kappa shape index (κ3) is 2.49. The van der Waals surface area contributed by atoms with E-state index in [0.29, 0.717) is 30.8 Å². The molecule has 3 rings (SSSR count). The molecule has 2 aliphatic heterocycles. The number of hydrogen-bond acceptors (Lipinski definition) is 3. The van der Waals surface area contributed by atoms with Crippen molar-refractivity contribution in [1.29, 1.82) is 0 Å². The molecule has 6 heteroatoms. The number of nitrogens with zero attached hydrogens (tertiary/aromatic N) is 1. The summed E-state index contributed by atoms with van der Waals surface area (Å²) in [6, 6.07) is 4.69. The van der Waals surface area contributed by atoms with E-state index in [9.17, 15) is 9.59 Å². The molecule has 1 aromatic rings. The highest BCUT2D eigenvalue weighted by Crippen LogP contribution is 2.31. The fourth-order valence-corrected chi connectivity index (χ4v) is 3.19. The number of ether oxygens (including phenoxy) is 1. The van der Waals surface area contributed by atoms with Crippen molar-refractivity contribution in [2.24, 2.45) is 0 Å². The molecule has 0 aromatic heterocycles. The van der Waals surface area contributed by atoms with Crippen molar-refractivity contribution in [3.63, 3.8) is 0 Å². The van der Waals surface area contributed by atoms with E-state index >= 15 is 0 Å². The maximum Gasteiger partial charge on any atom is 0.256 e. The second-order valence-electron chi connectivity index (χ2n) is 5.07. The van der Waals surface area contributed by atoms with Gasteiger partial charge in [-0.25, -0.2) is 0 Å². The van der Waals surface area contributed by atoms with Crippen molar-refractivity contribution >= 4 is 33.4 Å². The van der Waals surface area contributed by atoms with Gasteiger partial charge in [0.2, 0.25) is 5.91 Å². The van der Waals surface area contributed by atoms with Crippen LogP contribution in [0.15, 0.2) is 35.3 Å². The second-order valence-corrected chi connectivity index (χ2v) is 5.99. The monoisotopic (exact) mass is 350 g/mol. The molecular formula is C15H15BrN2O3. The van der Waals surface area contributed by atoms with Crippen LogP contribution < -0.4 is 5.32 Å². The number of amides is 2. The van der Waals surface area contributed by atoms with E-state index < -0.39 is 6.04 Å². The Hall–Kier alpha value is -1.66. The Morgan fingerprint density at radius 2 is 2.29 bits per heavy atom. The lowest BCUT2D eigenvalue weighted by atomic mass is 10.1. The maximum absolute atomic E-state index is 12.7. The first-order chi connectivity index (χ1) is 10.1. The summed E-state index contributed by atoms with van der Waals surface area (Å²) < 4.78 is 6.44. The van der Waals surface area contributed by atoms with Gasteiger partial charge in [0.15, 0.2) is 0 Å². The molecule has 110 valence electrons. The number of hydrogen-bond donors (Lipinski definition) is 1. The lowest BCUT2D eigenvalue weighted by Gasteiger charge is -2.24. The van der Waals surface area contributed by atoms with Crippen molar-refractivity contribution in [2.75, 3.05) is 18.5 Å². The lowest BCUT2D eigenvalue weighted by Crippen LogP contribution is -2.46. The van der Waals surface area contributed by atoms with Crippen molar-refractivity contribution < 1.29 is 14.3 Å². The Morgan fingerprint density at radius 1 is 1.48 bits per heavy atom. The van der Waals surface area contributed by atoms with Crippen LogP contribution in [0.4, 0.5) is 5.69 Å². The van der Waals surface area contributed by atoms with Gasteiger partial charge in [0.25, 0.3) is 5.91 Å². The van der Waals surface area contributed by atoms with Crippen LogP contribution in [-0.4, -0.2) is 42.0 Å². The van der Waals surface area contributed by atoms with Gasteiger partial charge >= 0.3 is 0 Å². The van der Waals surface area contributed by atoms with E-state index in [0.717, 1.165) is 4.47 Å². The topological polar surface area (TPSA) is 58.6 Å². The van der Waals surface area contributed by atoms with Crippen LogP contribution in [0, 0.1) is 0 Å².